The van der Waals surface area contributed by atoms with Gasteiger partial charge in [0.05, 0.1) is 17.6 Å². The molecule has 1 aliphatic rings. The molecule has 0 radical (unpaired) electrons. The Bertz CT molecular complexity index is 1500. The largest absolute Gasteiger partial charge is 0.457 e. The van der Waals surface area contributed by atoms with E-state index < -0.39 is 28.9 Å². The minimum Gasteiger partial charge on any atom is -0.457 e. The molecule has 2 heterocycles. The van der Waals surface area contributed by atoms with Crippen molar-refractivity contribution in [1.29, 1.82) is 0 Å². The fourth-order valence-corrected chi connectivity index (χ4v) is 3.90. The third kappa shape index (κ3) is 4.90. The lowest BCUT2D eigenvalue weighted by atomic mass is 10.0. The van der Waals surface area contributed by atoms with E-state index in [1.54, 1.807) is 42.3 Å². The Morgan fingerprint density at radius 1 is 1.03 bits per heavy atom. The molecule has 188 valence electrons. The molecule has 0 aliphatic heterocycles. The highest BCUT2D eigenvalue weighted by atomic mass is 19.1. The van der Waals surface area contributed by atoms with Crippen LogP contribution in [0.3, 0.4) is 0 Å². The first-order valence-electron chi connectivity index (χ1n) is 11.6. The van der Waals surface area contributed by atoms with Gasteiger partial charge in [0.2, 0.25) is 11.8 Å². The van der Waals surface area contributed by atoms with Crippen LogP contribution in [0.25, 0.3) is 11.3 Å². The van der Waals surface area contributed by atoms with Gasteiger partial charge in [-0.3, -0.25) is 19.3 Å². The molecule has 1 saturated carbocycles. The summed E-state index contributed by atoms with van der Waals surface area (Å²) in [6.45, 7) is 1.54. The van der Waals surface area contributed by atoms with Gasteiger partial charge in [-0.15, -0.1) is 0 Å². The number of halogens is 2. The molecule has 1 fully saturated rings. The second-order valence-corrected chi connectivity index (χ2v) is 8.93. The lowest BCUT2D eigenvalue weighted by Crippen LogP contribution is -2.35. The number of aryl methyl sites for hydroxylation is 1. The summed E-state index contributed by atoms with van der Waals surface area (Å²) in [6.07, 6.45) is 5.75. The van der Waals surface area contributed by atoms with Gasteiger partial charge in [0.25, 0.3) is 0 Å². The first kappa shape index (κ1) is 24.1. The number of carbonyl (C=O) groups is 2. The van der Waals surface area contributed by atoms with Gasteiger partial charge in [-0.1, -0.05) is 0 Å². The van der Waals surface area contributed by atoms with Gasteiger partial charge in [-0.05, 0) is 62.2 Å². The van der Waals surface area contributed by atoms with E-state index in [1.807, 2.05) is 6.20 Å². The summed E-state index contributed by atoms with van der Waals surface area (Å²) in [6, 6.07) is 11.6. The van der Waals surface area contributed by atoms with Crippen LogP contribution in [-0.4, -0.2) is 26.6 Å². The summed E-state index contributed by atoms with van der Waals surface area (Å²) >= 11 is 0. The Balaban J connectivity index is 1.29. The molecule has 0 bridgehead atoms. The molecule has 8 nitrogen and oxygen atoms in total. The highest BCUT2D eigenvalue weighted by molar-refractivity contribution is 6.17. The maximum absolute atomic E-state index is 15.2. The van der Waals surface area contributed by atoms with Crippen LogP contribution < -0.4 is 15.4 Å². The van der Waals surface area contributed by atoms with E-state index in [1.165, 1.54) is 37.3 Å². The third-order valence-corrected chi connectivity index (χ3v) is 6.27. The van der Waals surface area contributed by atoms with Gasteiger partial charge in [0, 0.05) is 42.3 Å². The van der Waals surface area contributed by atoms with E-state index in [0.29, 0.717) is 30.0 Å². The Kier molecular flexibility index (Phi) is 6.16. The summed E-state index contributed by atoms with van der Waals surface area (Å²) in [5.41, 5.74) is 0.674. The van der Waals surface area contributed by atoms with Crippen LogP contribution in [0, 0.1) is 24.0 Å². The van der Waals surface area contributed by atoms with Crippen molar-refractivity contribution in [3.8, 4) is 22.8 Å². The number of benzene rings is 2. The van der Waals surface area contributed by atoms with Gasteiger partial charge in [-0.25, -0.2) is 8.78 Å². The van der Waals surface area contributed by atoms with Gasteiger partial charge < -0.3 is 15.4 Å². The van der Waals surface area contributed by atoms with Gasteiger partial charge in [0.1, 0.15) is 22.7 Å². The number of amides is 2. The average molecular weight is 504 g/mol. The molecule has 2 aromatic carbocycles. The van der Waals surface area contributed by atoms with Crippen LogP contribution in [0.15, 0.2) is 67.1 Å². The SMILES string of the molecule is Cc1c(Oc2ccnc(-c3cnn(C)c3)c2)ccc(NC(=O)C2(C(=O)Nc3ccc(F)cc3)CC2)c1F. The molecule has 0 spiro atoms. The number of aromatic nitrogens is 3. The summed E-state index contributed by atoms with van der Waals surface area (Å²) in [5.74, 6) is -1.49. The predicted molar refractivity (Wildman–Crippen MR) is 133 cm³/mol. The number of ether oxygens (including phenoxy) is 1. The Morgan fingerprint density at radius 3 is 2.43 bits per heavy atom. The summed E-state index contributed by atoms with van der Waals surface area (Å²) in [7, 11) is 1.80. The number of rotatable bonds is 7. The van der Waals surface area contributed by atoms with Crippen LogP contribution in [0.4, 0.5) is 20.2 Å². The molecular formula is C27H23F2N5O3. The van der Waals surface area contributed by atoms with E-state index in [4.69, 9.17) is 4.74 Å². The normalized spacial score (nSPS) is 13.6. The molecule has 0 atom stereocenters. The summed E-state index contributed by atoms with van der Waals surface area (Å²) < 4.78 is 35.9. The average Bonchev–Trinajstić information content (AvgIpc) is 3.60. The molecule has 2 aromatic heterocycles. The van der Waals surface area contributed by atoms with Crippen LogP contribution >= 0.6 is 0 Å². The van der Waals surface area contributed by atoms with E-state index in [9.17, 15) is 14.0 Å². The minimum absolute atomic E-state index is 0.0542. The number of pyridine rings is 1. The van der Waals surface area contributed by atoms with Crippen molar-refractivity contribution in [2.24, 2.45) is 12.5 Å². The molecule has 4 aromatic rings. The van der Waals surface area contributed by atoms with Gasteiger partial charge >= 0.3 is 0 Å². The number of hydrogen-bond donors (Lipinski definition) is 2. The quantitative estimate of drug-likeness (QED) is 0.337. The first-order chi connectivity index (χ1) is 17.7. The Morgan fingerprint density at radius 2 is 1.76 bits per heavy atom. The zero-order chi connectivity index (χ0) is 26.2. The second-order valence-electron chi connectivity index (χ2n) is 8.93. The first-order valence-corrected chi connectivity index (χ1v) is 11.6. The standard InChI is InChI=1S/C27H23F2N5O3/c1-16-23(37-20-9-12-30-22(13-20)17-14-31-34(2)15-17)8-7-21(24(16)29)33-26(36)27(10-11-27)25(35)32-19-5-3-18(28)4-6-19/h3-9,12-15H,10-11H2,1-2H3,(H,32,35)(H,33,36). The predicted octanol–water partition coefficient (Wildman–Crippen LogP) is 5.22. The van der Waals surface area contributed by atoms with Crippen molar-refractivity contribution >= 4 is 23.2 Å². The number of hydrogen-bond acceptors (Lipinski definition) is 5. The topological polar surface area (TPSA) is 98.1 Å². The number of carbonyl (C=O) groups excluding carboxylic acids is 2. The molecule has 37 heavy (non-hydrogen) atoms. The van der Waals surface area contributed by atoms with E-state index in [0.717, 1.165) is 5.56 Å². The molecule has 2 amide bonds. The van der Waals surface area contributed by atoms with E-state index >= 15 is 4.39 Å². The van der Waals surface area contributed by atoms with Crippen LogP contribution in [0.1, 0.15) is 18.4 Å². The molecule has 5 rings (SSSR count). The maximum atomic E-state index is 15.2. The summed E-state index contributed by atoms with van der Waals surface area (Å²) in [5, 5.41) is 9.31. The zero-order valence-corrected chi connectivity index (χ0v) is 20.1. The van der Waals surface area contributed by atoms with Crippen LogP contribution in [0.5, 0.6) is 11.5 Å². The van der Waals surface area contributed by atoms with Crippen molar-refractivity contribution in [1.82, 2.24) is 14.8 Å². The zero-order valence-electron chi connectivity index (χ0n) is 20.1. The molecule has 2 N–H and O–H groups in total. The highest BCUT2D eigenvalue weighted by Crippen LogP contribution is 2.48. The van der Waals surface area contributed by atoms with Crippen molar-refractivity contribution in [3.63, 3.8) is 0 Å². The Hall–Kier alpha value is -4.60. The highest BCUT2D eigenvalue weighted by Gasteiger charge is 2.56. The molecule has 10 heteroatoms. The van der Waals surface area contributed by atoms with Gasteiger partial charge in [0.15, 0.2) is 5.82 Å². The van der Waals surface area contributed by atoms with Gasteiger partial charge in [-0.2, -0.15) is 5.10 Å². The fourth-order valence-electron chi connectivity index (χ4n) is 3.90. The molecule has 0 unspecified atom stereocenters. The molecule has 0 saturated heterocycles. The summed E-state index contributed by atoms with van der Waals surface area (Å²) in [4.78, 5) is 30.0. The van der Waals surface area contributed by atoms with E-state index in [-0.39, 0.29) is 17.0 Å². The van der Waals surface area contributed by atoms with Crippen molar-refractivity contribution < 1.29 is 23.1 Å². The molecule has 1 aliphatic carbocycles. The van der Waals surface area contributed by atoms with Crippen LogP contribution in [0.2, 0.25) is 0 Å². The lowest BCUT2D eigenvalue weighted by Gasteiger charge is -2.17. The number of anilines is 2. The van der Waals surface area contributed by atoms with Crippen LogP contribution in [-0.2, 0) is 16.6 Å². The number of nitrogens with zero attached hydrogens (tertiary/aromatic N) is 3. The second kappa shape index (κ2) is 9.45. The number of nitrogens with one attached hydrogen (secondary N) is 2. The lowest BCUT2D eigenvalue weighted by molar-refractivity contribution is -0.131. The molecular weight excluding hydrogens is 480 g/mol. The Labute approximate surface area is 211 Å². The maximum Gasteiger partial charge on any atom is 0.240 e. The third-order valence-electron chi connectivity index (χ3n) is 6.27. The van der Waals surface area contributed by atoms with E-state index in [2.05, 4.69) is 20.7 Å². The monoisotopic (exact) mass is 503 g/mol. The smallest absolute Gasteiger partial charge is 0.240 e. The van der Waals surface area contributed by atoms with Crippen molar-refractivity contribution in [3.05, 3.63) is 84.3 Å². The minimum atomic E-state index is -1.30. The van der Waals surface area contributed by atoms with Crippen molar-refractivity contribution in [2.75, 3.05) is 10.6 Å². The fraction of sp³-hybridized carbons (Fsp3) is 0.185. The van der Waals surface area contributed by atoms with Crippen molar-refractivity contribution in [2.45, 2.75) is 19.8 Å².